The third kappa shape index (κ3) is 3.20. The normalized spacial score (nSPS) is 8.55. The minimum absolute atomic E-state index is 0. The van der Waals surface area contributed by atoms with Crippen LogP contribution in [0.5, 0.6) is 5.75 Å². The maximum atomic E-state index is 4.94. The molecule has 0 bridgehead atoms. The van der Waals surface area contributed by atoms with E-state index in [4.69, 9.17) is 4.74 Å². The minimum atomic E-state index is 0. The molecule has 0 aromatic carbocycles. The summed E-state index contributed by atoms with van der Waals surface area (Å²) in [6.45, 7) is 0. The number of ether oxygens (including phenoxy) is 1. The van der Waals surface area contributed by atoms with Crippen LogP contribution in [0.2, 0.25) is 0 Å². The van der Waals surface area contributed by atoms with E-state index in [1.54, 1.807) is 13.3 Å². The molecule has 1 aromatic heterocycles. The van der Waals surface area contributed by atoms with Gasteiger partial charge >= 0.3 is 0 Å². The van der Waals surface area contributed by atoms with Crippen LogP contribution in [0.1, 0.15) is 5.69 Å². The third-order valence-electron chi connectivity index (χ3n) is 1.17. The molecule has 0 atom stereocenters. The molecule has 0 saturated heterocycles. The van der Waals surface area contributed by atoms with Crippen molar-refractivity contribution >= 4 is 32.9 Å². The first-order valence-electron chi connectivity index (χ1n) is 2.91. The summed E-state index contributed by atoms with van der Waals surface area (Å²) in [5.41, 5.74) is 1.01. The maximum Gasteiger partial charge on any atom is 0.137 e. The fourth-order valence-electron chi connectivity index (χ4n) is 0.611. The van der Waals surface area contributed by atoms with Crippen molar-refractivity contribution in [1.82, 2.24) is 4.98 Å². The second-order valence-corrected chi connectivity index (χ2v) is 2.38. The number of halogens is 2. The van der Waals surface area contributed by atoms with Crippen molar-refractivity contribution < 1.29 is 4.74 Å². The van der Waals surface area contributed by atoms with Crippen molar-refractivity contribution in [2.45, 2.75) is 5.33 Å². The van der Waals surface area contributed by atoms with Crippen LogP contribution in [-0.4, -0.2) is 12.1 Å². The Morgan fingerprint density at radius 3 is 2.64 bits per heavy atom. The molecule has 1 aromatic rings. The van der Waals surface area contributed by atoms with Crippen LogP contribution in [-0.2, 0) is 5.33 Å². The van der Waals surface area contributed by atoms with Crippen molar-refractivity contribution in [2.24, 2.45) is 0 Å². The Balaban J connectivity index is 0.000001000. The maximum absolute atomic E-state index is 4.94. The molecule has 0 saturated carbocycles. The van der Waals surface area contributed by atoms with E-state index in [-0.39, 0.29) is 17.0 Å². The largest absolute Gasteiger partial charge is 0.495 e. The zero-order valence-corrected chi connectivity index (χ0v) is 9.38. The quantitative estimate of drug-likeness (QED) is 0.778. The molecule has 0 radical (unpaired) electrons. The van der Waals surface area contributed by atoms with Gasteiger partial charge in [0.15, 0.2) is 0 Å². The Kier molecular flexibility index (Phi) is 5.50. The molecule has 1 heterocycles. The molecule has 0 aliphatic carbocycles. The Morgan fingerprint density at radius 2 is 2.27 bits per heavy atom. The summed E-state index contributed by atoms with van der Waals surface area (Å²) >= 11 is 3.30. The van der Waals surface area contributed by atoms with Crippen LogP contribution >= 0.6 is 32.9 Å². The van der Waals surface area contributed by atoms with E-state index in [0.29, 0.717) is 0 Å². The second kappa shape index (κ2) is 5.55. The number of pyridine rings is 1. The van der Waals surface area contributed by atoms with Crippen LogP contribution in [0.4, 0.5) is 0 Å². The van der Waals surface area contributed by atoms with E-state index in [1.165, 1.54) is 0 Å². The summed E-state index contributed by atoms with van der Waals surface area (Å²) in [5.74, 6) is 0.796. The van der Waals surface area contributed by atoms with Crippen molar-refractivity contribution in [3.8, 4) is 5.75 Å². The van der Waals surface area contributed by atoms with Gasteiger partial charge in [-0.05, 0) is 12.1 Å². The Labute approximate surface area is 84.9 Å². The van der Waals surface area contributed by atoms with Gasteiger partial charge < -0.3 is 4.74 Å². The highest BCUT2D eigenvalue weighted by atomic mass is 79.9. The highest BCUT2D eigenvalue weighted by Crippen LogP contribution is 2.09. The second-order valence-electron chi connectivity index (χ2n) is 1.82. The molecular formula is C7H9Br2NO. The van der Waals surface area contributed by atoms with E-state index in [2.05, 4.69) is 20.9 Å². The number of hydrogen-bond donors (Lipinski definition) is 0. The summed E-state index contributed by atoms with van der Waals surface area (Å²) in [4.78, 5) is 4.10. The van der Waals surface area contributed by atoms with Crippen LogP contribution < -0.4 is 4.74 Å². The molecule has 0 spiro atoms. The lowest BCUT2D eigenvalue weighted by molar-refractivity contribution is 0.412. The monoisotopic (exact) mass is 281 g/mol. The SMILES string of the molecule is Br.COc1ccc(CBr)nc1. The fraction of sp³-hybridized carbons (Fsp3) is 0.286. The fourth-order valence-corrected chi connectivity index (χ4v) is 0.942. The van der Waals surface area contributed by atoms with Gasteiger partial charge in [0, 0.05) is 5.33 Å². The van der Waals surface area contributed by atoms with Crippen molar-refractivity contribution in [3.63, 3.8) is 0 Å². The van der Waals surface area contributed by atoms with Crippen molar-refractivity contribution in [2.75, 3.05) is 7.11 Å². The first-order chi connectivity index (χ1) is 4.86. The van der Waals surface area contributed by atoms with Crippen LogP contribution in [0, 0.1) is 0 Å². The lowest BCUT2D eigenvalue weighted by atomic mass is 10.4. The highest BCUT2D eigenvalue weighted by molar-refractivity contribution is 9.08. The Bertz CT molecular complexity index is 177. The number of alkyl halides is 1. The molecule has 11 heavy (non-hydrogen) atoms. The average molecular weight is 283 g/mol. The first kappa shape index (κ1) is 10.9. The number of hydrogen-bond acceptors (Lipinski definition) is 2. The third-order valence-corrected chi connectivity index (χ3v) is 1.74. The summed E-state index contributed by atoms with van der Waals surface area (Å²) in [5, 5.41) is 0.789. The highest BCUT2D eigenvalue weighted by Gasteiger charge is 1.91. The van der Waals surface area contributed by atoms with Gasteiger partial charge in [0.25, 0.3) is 0 Å². The predicted octanol–water partition coefficient (Wildman–Crippen LogP) is 2.56. The smallest absolute Gasteiger partial charge is 0.137 e. The zero-order chi connectivity index (χ0) is 7.40. The standard InChI is InChI=1S/C7H8BrNO.BrH/c1-10-7-3-2-6(4-8)9-5-7;/h2-3,5H,4H2,1H3;1H. The van der Waals surface area contributed by atoms with Crippen molar-refractivity contribution in [3.05, 3.63) is 24.0 Å². The van der Waals surface area contributed by atoms with E-state index in [0.717, 1.165) is 16.8 Å². The molecular weight excluding hydrogens is 274 g/mol. The number of nitrogens with zero attached hydrogens (tertiary/aromatic N) is 1. The van der Waals surface area contributed by atoms with E-state index in [1.807, 2.05) is 12.1 Å². The van der Waals surface area contributed by atoms with Crippen LogP contribution in [0.15, 0.2) is 18.3 Å². The zero-order valence-electron chi connectivity index (χ0n) is 6.08. The summed E-state index contributed by atoms with van der Waals surface area (Å²) in [6.07, 6.45) is 1.70. The number of methoxy groups -OCH3 is 1. The topological polar surface area (TPSA) is 22.1 Å². The molecule has 0 aliphatic heterocycles. The van der Waals surface area contributed by atoms with Crippen LogP contribution in [0.3, 0.4) is 0 Å². The summed E-state index contributed by atoms with van der Waals surface area (Å²) < 4.78 is 4.94. The Hall–Kier alpha value is -0.0900. The molecule has 4 heteroatoms. The molecule has 0 amide bonds. The van der Waals surface area contributed by atoms with E-state index >= 15 is 0 Å². The average Bonchev–Trinajstić information content (AvgIpc) is 2.05. The molecule has 0 fully saturated rings. The molecule has 0 unspecified atom stereocenters. The van der Waals surface area contributed by atoms with Gasteiger partial charge in [-0.2, -0.15) is 0 Å². The number of aromatic nitrogens is 1. The molecule has 0 N–H and O–H groups in total. The molecule has 1 rings (SSSR count). The summed E-state index contributed by atoms with van der Waals surface area (Å²) in [6, 6.07) is 3.82. The van der Waals surface area contributed by atoms with E-state index < -0.39 is 0 Å². The minimum Gasteiger partial charge on any atom is -0.495 e. The van der Waals surface area contributed by atoms with Crippen LogP contribution in [0.25, 0.3) is 0 Å². The first-order valence-corrected chi connectivity index (χ1v) is 4.04. The van der Waals surface area contributed by atoms with Gasteiger partial charge in [-0.25, -0.2) is 0 Å². The lowest BCUT2D eigenvalue weighted by Crippen LogP contribution is -1.86. The summed E-state index contributed by atoms with van der Waals surface area (Å²) in [7, 11) is 1.63. The van der Waals surface area contributed by atoms with Gasteiger partial charge in [-0.1, -0.05) is 15.9 Å². The lowest BCUT2D eigenvalue weighted by Gasteiger charge is -1.97. The molecule has 2 nitrogen and oxygen atoms in total. The van der Waals surface area contributed by atoms with Gasteiger partial charge in [0.05, 0.1) is 19.0 Å². The van der Waals surface area contributed by atoms with E-state index in [9.17, 15) is 0 Å². The van der Waals surface area contributed by atoms with Gasteiger partial charge in [-0.15, -0.1) is 17.0 Å². The van der Waals surface area contributed by atoms with Gasteiger partial charge in [0.1, 0.15) is 5.75 Å². The van der Waals surface area contributed by atoms with Crippen molar-refractivity contribution in [1.29, 1.82) is 0 Å². The predicted molar refractivity (Wildman–Crippen MR) is 53.7 cm³/mol. The van der Waals surface area contributed by atoms with Gasteiger partial charge in [0.2, 0.25) is 0 Å². The Morgan fingerprint density at radius 1 is 1.55 bits per heavy atom. The van der Waals surface area contributed by atoms with Gasteiger partial charge in [-0.3, -0.25) is 4.98 Å². The molecule has 62 valence electrons. The number of rotatable bonds is 2. The molecule has 0 aliphatic rings.